The molecule has 0 spiro atoms. The van der Waals surface area contributed by atoms with Crippen molar-refractivity contribution in [2.24, 2.45) is 5.92 Å². The number of aromatic nitrogens is 3. The van der Waals surface area contributed by atoms with Crippen molar-refractivity contribution in [3.8, 4) is 5.88 Å². The molecule has 5 nitrogen and oxygen atoms in total. The van der Waals surface area contributed by atoms with E-state index < -0.39 is 0 Å². The molecule has 108 valence electrons. The highest BCUT2D eigenvalue weighted by Crippen LogP contribution is 2.28. The third kappa shape index (κ3) is 2.57. The average molecular weight is 274 g/mol. The van der Waals surface area contributed by atoms with Crippen molar-refractivity contribution in [3.63, 3.8) is 0 Å². The Morgan fingerprint density at radius 2 is 2.05 bits per heavy atom. The third-order valence-corrected chi connectivity index (χ3v) is 4.29. The second-order valence-corrected chi connectivity index (χ2v) is 5.61. The third-order valence-electron chi connectivity index (χ3n) is 4.29. The van der Waals surface area contributed by atoms with Crippen LogP contribution in [0.4, 0.5) is 5.95 Å². The van der Waals surface area contributed by atoms with E-state index in [0.29, 0.717) is 11.8 Å². The largest absolute Gasteiger partial charge is 0.481 e. The average Bonchev–Trinajstić information content (AvgIpc) is 2.80. The van der Waals surface area contributed by atoms with Gasteiger partial charge in [0.15, 0.2) is 5.65 Å². The Morgan fingerprint density at radius 3 is 2.80 bits per heavy atom. The van der Waals surface area contributed by atoms with Crippen LogP contribution in [0, 0.1) is 5.92 Å². The van der Waals surface area contributed by atoms with Crippen LogP contribution in [0.3, 0.4) is 0 Å². The van der Waals surface area contributed by atoms with Crippen LogP contribution in [0.1, 0.15) is 38.5 Å². The molecule has 2 aromatic heterocycles. The molecule has 0 amide bonds. The second-order valence-electron chi connectivity index (χ2n) is 5.61. The Labute approximate surface area is 119 Å². The first-order chi connectivity index (χ1) is 9.78. The van der Waals surface area contributed by atoms with Gasteiger partial charge in [-0.1, -0.05) is 32.1 Å². The van der Waals surface area contributed by atoms with Crippen LogP contribution in [-0.2, 0) is 6.54 Å². The fraction of sp³-hybridized carbons (Fsp3) is 0.600. The molecule has 5 heteroatoms. The van der Waals surface area contributed by atoms with Gasteiger partial charge in [0, 0.05) is 12.6 Å². The Kier molecular flexibility index (Phi) is 3.76. The Balaban J connectivity index is 1.80. The zero-order chi connectivity index (χ0) is 13.9. The summed E-state index contributed by atoms with van der Waals surface area (Å²) in [7, 11) is 1.63. The van der Waals surface area contributed by atoms with Gasteiger partial charge in [-0.3, -0.25) is 4.57 Å². The van der Waals surface area contributed by atoms with Gasteiger partial charge in [-0.25, -0.2) is 4.98 Å². The highest BCUT2D eigenvalue weighted by Gasteiger charge is 2.16. The highest BCUT2D eigenvalue weighted by atomic mass is 16.5. The SMILES string of the molecule is COc1ccc2nc(N)n(CCC3CCCCC3)c2n1. The van der Waals surface area contributed by atoms with Crippen molar-refractivity contribution in [2.75, 3.05) is 12.8 Å². The van der Waals surface area contributed by atoms with E-state index in [4.69, 9.17) is 10.5 Å². The molecule has 0 radical (unpaired) electrons. The maximum atomic E-state index is 6.03. The predicted molar refractivity (Wildman–Crippen MR) is 79.7 cm³/mol. The first-order valence-corrected chi connectivity index (χ1v) is 7.44. The van der Waals surface area contributed by atoms with Crippen molar-refractivity contribution in [1.29, 1.82) is 0 Å². The number of methoxy groups -OCH3 is 1. The summed E-state index contributed by atoms with van der Waals surface area (Å²) in [5.74, 6) is 1.99. The van der Waals surface area contributed by atoms with Gasteiger partial charge in [-0.05, 0) is 18.4 Å². The van der Waals surface area contributed by atoms with Gasteiger partial charge < -0.3 is 10.5 Å². The normalized spacial score (nSPS) is 16.6. The summed E-state index contributed by atoms with van der Waals surface area (Å²) in [5, 5.41) is 0. The molecule has 1 fully saturated rings. The zero-order valence-electron chi connectivity index (χ0n) is 12.0. The maximum absolute atomic E-state index is 6.03. The van der Waals surface area contributed by atoms with Crippen molar-refractivity contribution >= 4 is 17.1 Å². The lowest BCUT2D eigenvalue weighted by Crippen LogP contribution is -2.12. The second kappa shape index (κ2) is 5.69. The fourth-order valence-corrected chi connectivity index (χ4v) is 3.12. The van der Waals surface area contributed by atoms with Crippen LogP contribution in [-0.4, -0.2) is 21.6 Å². The van der Waals surface area contributed by atoms with Crippen molar-refractivity contribution in [2.45, 2.75) is 45.1 Å². The molecule has 0 aromatic carbocycles. The molecule has 0 atom stereocenters. The molecule has 0 bridgehead atoms. The van der Waals surface area contributed by atoms with Gasteiger partial charge >= 0.3 is 0 Å². The molecular formula is C15H22N4O. The molecule has 0 aliphatic heterocycles. The van der Waals surface area contributed by atoms with E-state index in [2.05, 4.69) is 9.97 Å². The minimum Gasteiger partial charge on any atom is -0.481 e. The van der Waals surface area contributed by atoms with Crippen LogP contribution in [0.5, 0.6) is 5.88 Å². The highest BCUT2D eigenvalue weighted by molar-refractivity contribution is 5.74. The minimum absolute atomic E-state index is 0.552. The first kappa shape index (κ1) is 13.2. The quantitative estimate of drug-likeness (QED) is 0.930. The summed E-state index contributed by atoms with van der Waals surface area (Å²) in [6.45, 7) is 0.896. The van der Waals surface area contributed by atoms with E-state index in [0.717, 1.165) is 30.0 Å². The van der Waals surface area contributed by atoms with Gasteiger partial charge in [0.25, 0.3) is 0 Å². The van der Waals surface area contributed by atoms with E-state index in [1.807, 2.05) is 16.7 Å². The topological polar surface area (TPSA) is 66.0 Å². The standard InChI is InChI=1S/C15H22N4O/c1-20-13-8-7-12-14(18-13)19(15(16)17-12)10-9-11-5-3-2-4-6-11/h7-8,11H,2-6,9-10H2,1H3,(H2,16,17). The molecule has 2 aromatic rings. The van der Waals surface area contributed by atoms with Gasteiger partial charge in [0.2, 0.25) is 11.8 Å². The number of aryl methyl sites for hydroxylation is 1. The van der Waals surface area contributed by atoms with Crippen LogP contribution < -0.4 is 10.5 Å². The Hall–Kier alpha value is -1.78. The number of anilines is 1. The number of nitrogens with zero attached hydrogens (tertiary/aromatic N) is 3. The number of fused-ring (bicyclic) bond motifs is 1. The molecule has 2 N–H and O–H groups in total. The first-order valence-electron chi connectivity index (χ1n) is 7.44. The van der Waals surface area contributed by atoms with Gasteiger partial charge in [-0.2, -0.15) is 4.98 Å². The summed E-state index contributed by atoms with van der Waals surface area (Å²) >= 11 is 0. The number of imidazole rings is 1. The Bertz CT molecular complexity index is 587. The van der Waals surface area contributed by atoms with E-state index in [1.165, 1.54) is 32.1 Å². The van der Waals surface area contributed by atoms with Crippen LogP contribution >= 0.6 is 0 Å². The molecule has 0 unspecified atom stereocenters. The molecule has 1 aliphatic rings. The van der Waals surface area contributed by atoms with Gasteiger partial charge in [0.1, 0.15) is 5.52 Å². The van der Waals surface area contributed by atoms with Gasteiger partial charge in [-0.15, -0.1) is 0 Å². The molecule has 3 rings (SSSR count). The van der Waals surface area contributed by atoms with E-state index in [1.54, 1.807) is 7.11 Å². The fourth-order valence-electron chi connectivity index (χ4n) is 3.12. The zero-order valence-corrected chi connectivity index (χ0v) is 12.0. The Morgan fingerprint density at radius 1 is 1.25 bits per heavy atom. The number of rotatable bonds is 4. The molecular weight excluding hydrogens is 252 g/mol. The number of hydrogen-bond donors (Lipinski definition) is 1. The summed E-state index contributed by atoms with van der Waals surface area (Å²) in [6.07, 6.45) is 8.00. The van der Waals surface area contributed by atoms with Crippen molar-refractivity contribution in [3.05, 3.63) is 12.1 Å². The van der Waals surface area contributed by atoms with Crippen LogP contribution in [0.2, 0.25) is 0 Å². The molecule has 20 heavy (non-hydrogen) atoms. The van der Waals surface area contributed by atoms with Crippen molar-refractivity contribution in [1.82, 2.24) is 14.5 Å². The summed E-state index contributed by atoms with van der Waals surface area (Å²) < 4.78 is 7.21. The lowest BCUT2D eigenvalue weighted by atomic mass is 9.87. The predicted octanol–water partition coefficient (Wildman–Crippen LogP) is 2.99. The minimum atomic E-state index is 0.552. The van der Waals surface area contributed by atoms with Gasteiger partial charge in [0.05, 0.1) is 7.11 Å². The summed E-state index contributed by atoms with van der Waals surface area (Å²) in [4.78, 5) is 8.85. The van der Waals surface area contributed by atoms with Crippen LogP contribution in [0.15, 0.2) is 12.1 Å². The number of nitrogens with two attached hydrogens (primary N) is 1. The van der Waals surface area contributed by atoms with E-state index in [-0.39, 0.29) is 0 Å². The maximum Gasteiger partial charge on any atom is 0.215 e. The molecule has 1 aliphatic carbocycles. The monoisotopic (exact) mass is 274 g/mol. The summed E-state index contributed by atoms with van der Waals surface area (Å²) in [6, 6.07) is 3.73. The van der Waals surface area contributed by atoms with E-state index in [9.17, 15) is 0 Å². The molecule has 1 saturated carbocycles. The van der Waals surface area contributed by atoms with E-state index >= 15 is 0 Å². The lowest BCUT2D eigenvalue weighted by Gasteiger charge is -2.21. The van der Waals surface area contributed by atoms with Crippen molar-refractivity contribution < 1.29 is 4.74 Å². The number of pyridine rings is 1. The molecule has 0 saturated heterocycles. The number of nitrogen functional groups attached to an aromatic ring is 1. The number of ether oxygens (including phenoxy) is 1. The molecule has 2 heterocycles. The number of hydrogen-bond acceptors (Lipinski definition) is 4. The summed E-state index contributed by atoms with van der Waals surface area (Å²) in [5.41, 5.74) is 7.70. The smallest absolute Gasteiger partial charge is 0.215 e. The van der Waals surface area contributed by atoms with Crippen LogP contribution in [0.25, 0.3) is 11.2 Å². The lowest BCUT2D eigenvalue weighted by molar-refractivity contribution is 0.325.